The Morgan fingerprint density at radius 3 is 2.59 bits per heavy atom. The first-order valence-electron chi connectivity index (χ1n) is 5.51. The smallest absolute Gasteiger partial charge is 0.330 e. The summed E-state index contributed by atoms with van der Waals surface area (Å²) in [6.07, 6.45) is 1.65. The van der Waals surface area contributed by atoms with E-state index < -0.39 is 6.04 Å². The fourth-order valence-corrected chi connectivity index (χ4v) is 1.21. The molecule has 1 aromatic carbocycles. The van der Waals surface area contributed by atoms with Gasteiger partial charge in [-0.25, -0.2) is 4.79 Å². The Labute approximate surface area is 101 Å². The monoisotopic (exact) mass is 235 g/mol. The van der Waals surface area contributed by atoms with Crippen LogP contribution in [0.2, 0.25) is 0 Å². The van der Waals surface area contributed by atoms with Crippen molar-refractivity contribution in [3.05, 3.63) is 29.8 Å². The molecule has 0 aromatic heterocycles. The van der Waals surface area contributed by atoms with Crippen LogP contribution < -0.4 is 4.74 Å². The van der Waals surface area contributed by atoms with Crippen LogP contribution in [0.5, 0.6) is 5.75 Å². The second-order valence-corrected chi connectivity index (χ2v) is 3.48. The topological polar surface area (TPSA) is 47.9 Å². The molecule has 4 nitrogen and oxygen atoms in total. The molecule has 1 atom stereocenters. The minimum Gasteiger partial charge on any atom is -0.497 e. The highest BCUT2D eigenvalue weighted by atomic mass is 16.5. The molecular weight excluding hydrogens is 218 g/mol. The summed E-state index contributed by atoms with van der Waals surface area (Å²) in [5, 5.41) is 0. The minimum atomic E-state index is -0.475. The number of ether oxygens (including phenoxy) is 2. The van der Waals surface area contributed by atoms with Crippen LogP contribution in [-0.2, 0) is 9.53 Å². The average molecular weight is 235 g/mol. The van der Waals surface area contributed by atoms with E-state index in [2.05, 4.69) is 4.99 Å². The fourth-order valence-electron chi connectivity index (χ4n) is 1.21. The van der Waals surface area contributed by atoms with E-state index in [1.165, 1.54) is 0 Å². The number of nitrogens with zero attached hydrogens (tertiary/aromatic N) is 1. The molecule has 1 rings (SSSR count). The Kier molecular flexibility index (Phi) is 5.20. The summed E-state index contributed by atoms with van der Waals surface area (Å²) in [5.74, 6) is 0.484. The molecule has 0 radical (unpaired) electrons. The van der Waals surface area contributed by atoms with Gasteiger partial charge in [-0.3, -0.25) is 4.99 Å². The number of methoxy groups -OCH3 is 1. The summed E-state index contributed by atoms with van der Waals surface area (Å²) < 4.78 is 9.90. The van der Waals surface area contributed by atoms with E-state index in [1.807, 2.05) is 24.3 Å². The highest BCUT2D eigenvalue weighted by molar-refractivity contribution is 5.83. The van der Waals surface area contributed by atoms with Crippen LogP contribution >= 0.6 is 0 Å². The second kappa shape index (κ2) is 6.68. The maximum atomic E-state index is 11.3. The SMILES string of the molecule is CCOC(=O)[C@H](C)N=Cc1ccc(OC)cc1. The lowest BCUT2D eigenvalue weighted by Gasteiger charge is -2.05. The molecular formula is C13H17NO3. The Morgan fingerprint density at radius 1 is 1.41 bits per heavy atom. The summed E-state index contributed by atoms with van der Waals surface area (Å²) in [7, 11) is 1.62. The van der Waals surface area contributed by atoms with Gasteiger partial charge in [-0.1, -0.05) is 0 Å². The van der Waals surface area contributed by atoms with Gasteiger partial charge in [-0.2, -0.15) is 0 Å². The van der Waals surface area contributed by atoms with Crippen LogP contribution in [0.3, 0.4) is 0 Å². The lowest BCUT2D eigenvalue weighted by molar-refractivity contribution is -0.144. The van der Waals surface area contributed by atoms with E-state index in [0.717, 1.165) is 11.3 Å². The number of carbonyl (C=O) groups excluding carboxylic acids is 1. The van der Waals surface area contributed by atoms with Crippen molar-refractivity contribution >= 4 is 12.2 Å². The molecule has 0 aliphatic carbocycles. The largest absolute Gasteiger partial charge is 0.497 e. The Morgan fingerprint density at radius 2 is 2.06 bits per heavy atom. The van der Waals surface area contributed by atoms with Gasteiger partial charge in [0, 0.05) is 6.21 Å². The number of esters is 1. The van der Waals surface area contributed by atoms with Gasteiger partial charge in [0.15, 0.2) is 0 Å². The van der Waals surface area contributed by atoms with Gasteiger partial charge in [0.1, 0.15) is 11.8 Å². The molecule has 4 heteroatoms. The van der Waals surface area contributed by atoms with Crippen molar-refractivity contribution in [2.75, 3.05) is 13.7 Å². The van der Waals surface area contributed by atoms with E-state index in [4.69, 9.17) is 9.47 Å². The van der Waals surface area contributed by atoms with E-state index in [9.17, 15) is 4.79 Å². The number of rotatable bonds is 5. The lowest BCUT2D eigenvalue weighted by atomic mass is 10.2. The van der Waals surface area contributed by atoms with Gasteiger partial charge in [0.25, 0.3) is 0 Å². The number of benzene rings is 1. The predicted molar refractivity (Wildman–Crippen MR) is 66.7 cm³/mol. The van der Waals surface area contributed by atoms with Crippen molar-refractivity contribution < 1.29 is 14.3 Å². The van der Waals surface area contributed by atoms with Crippen molar-refractivity contribution in [2.45, 2.75) is 19.9 Å². The molecule has 0 spiro atoms. The number of hydrogen-bond acceptors (Lipinski definition) is 4. The van der Waals surface area contributed by atoms with Gasteiger partial charge in [-0.15, -0.1) is 0 Å². The van der Waals surface area contributed by atoms with Crippen molar-refractivity contribution in [1.82, 2.24) is 0 Å². The van der Waals surface area contributed by atoms with Crippen molar-refractivity contribution in [2.24, 2.45) is 4.99 Å². The van der Waals surface area contributed by atoms with Crippen LogP contribution in [0.1, 0.15) is 19.4 Å². The number of hydrogen-bond donors (Lipinski definition) is 0. The van der Waals surface area contributed by atoms with Crippen LogP contribution in [0.15, 0.2) is 29.3 Å². The zero-order chi connectivity index (χ0) is 12.7. The standard InChI is InChI=1S/C13H17NO3/c1-4-17-13(15)10(2)14-9-11-5-7-12(16-3)8-6-11/h5-10H,4H2,1-3H3/t10-/m0/s1. The Bertz CT molecular complexity index is 384. The summed E-state index contributed by atoms with van der Waals surface area (Å²) >= 11 is 0. The molecule has 0 aliphatic rings. The maximum Gasteiger partial charge on any atom is 0.330 e. The minimum absolute atomic E-state index is 0.308. The highest BCUT2D eigenvalue weighted by Gasteiger charge is 2.10. The van der Waals surface area contributed by atoms with Gasteiger partial charge in [0.2, 0.25) is 0 Å². The van der Waals surface area contributed by atoms with Gasteiger partial charge in [-0.05, 0) is 43.7 Å². The van der Waals surface area contributed by atoms with Crippen molar-refractivity contribution in [1.29, 1.82) is 0 Å². The quantitative estimate of drug-likeness (QED) is 0.579. The fraction of sp³-hybridized carbons (Fsp3) is 0.385. The molecule has 0 fully saturated rings. The van der Waals surface area contributed by atoms with Crippen LogP contribution in [0.25, 0.3) is 0 Å². The van der Waals surface area contributed by atoms with E-state index >= 15 is 0 Å². The molecule has 0 amide bonds. The van der Waals surface area contributed by atoms with Crippen molar-refractivity contribution in [3.8, 4) is 5.75 Å². The van der Waals surface area contributed by atoms with E-state index in [1.54, 1.807) is 27.2 Å². The zero-order valence-electron chi connectivity index (χ0n) is 10.3. The van der Waals surface area contributed by atoms with Crippen LogP contribution in [0, 0.1) is 0 Å². The predicted octanol–water partition coefficient (Wildman–Crippen LogP) is 2.07. The Hall–Kier alpha value is -1.84. The number of carbonyl (C=O) groups is 1. The molecule has 92 valence electrons. The van der Waals surface area contributed by atoms with Crippen LogP contribution in [-0.4, -0.2) is 31.9 Å². The normalized spacial score (nSPS) is 12.4. The average Bonchev–Trinajstić information content (AvgIpc) is 2.36. The van der Waals surface area contributed by atoms with Gasteiger partial charge >= 0.3 is 5.97 Å². The first-order valence-corrected chi connectivity index (χ1v) is 5.51. The molecule has 0 saturated carbocycles. The first kappa shape index (κ1) is 13.2. The van der Waals surface area contributed by atoms with Gasteiger partial charge < -0.3 is 9.47 Å². The lowest BCUT2D eigenvalue weighted by Crippen LogP contribution is -2.18. The zero-order valence-corrected chi connectivity index (χ0v) is 10.3. The van der Waals surface area contributed by atoms with Crippen molar-refractivity contribution in [3.63, 3.8) is 0 Å². The maximum absolute atomic E-state index is 11.3. The third kappa shape index (κ3) is 4.26. The number of aliphatic imine (C=N–C) groups is 1. The summed E-state index contributed by atoms with van der Waals surface area (Å²) in [4.78, 5) is 15.4. The molecule has 17 heavy (non-hydrogen) atoms. The van der Waals surface area contributed by atoms with E-state index in [-0.39, 0.29) is 5.97 Å². The third-order valence-electron chi connectivity index (χ3n) is 2.19. The summed E-state index contributed by atoms with van der Waals surface area (Å²) in [6, 6.07) is 6.96. The first-order chi connectivity index (χ1) is 8.17. The van der Waals surface area contributed by atoms with Gasteiger partial charge in [0.05, 0.1) is 13.7 Å². The summed E-state index contributed by atoms with van der Waals surface area (Å²) in [5.41, 5.74) is 0.918. The molecule has 1 aromatic rings. The summed E-state index contributed by atoms with van der Waals surface area (Å²) in [6.45, 7) is 3.86. The molecule has 0 unspecified atom stereocenters. The molecule has 0 heterocycles. The third-order valence-corrected chi connectivity index (χ3v) is 2.19. The molecule has 0 aliphatic heterocycles. The van der Waals surface area contributed by atoms with Crippen LogP contribution in [0.4, 0.5) is 0 Å². The Balaban J connectivity index is 2.60. The molecule has 0 saturated heterocycles. The molecule has 0 bridgehead atoms. The highest BCUT2D eigenvalue weighted by Crippen LogP contribution is 2.10. The van der Waals surface area contributed by atoms with E-state index in [0.29, 0.717) is 6.61 Å². The second-order valence-electron chi connectivity index (χ2n) is 3.48. The molecule has 0 N–H and O–H groups in total.